The van der Waals surface area contributed by atoms with Gasteiger partial charge in [-0.25, -0.2) is 4.98 Å². The van der Waals surface area contributed by atoms with Gasteiger partial charge in [0, 0.05) is 41.7 Å². The van der Waals surface area contributed by atoms with Crippen molar-refractivity contribution in [3.05, 3.63) is 36.1 Å². The Morgan fingerprint density at radius 2 is 1.80 bits per heavy atom. The highest BCUT2D eigenvalue weighted by molar-refractivity contribution is 5.95. The number of aryl methyl sites for hydroxylation is 1. The third-order valence-corrected chi connectivity index (χ3v) is 7.99. The molecule has 0 bridgehead atoms. The van der Waals surface area contributed by atoms with Gasteiger partial charge < -0.3 is 29.0 Å². The maximum absolute atomic E-state index is 6.47. The van der Waals surface area contributed by atoms with Gasteiger partial charge in [0.15, 0.2) is 17.3 Å². The predicted octanol–water partition coefficient (Wildman–Crippen LogP) is 4.79. The molecule has 3 aliphatic rings. The van der Waals surface area contributed by atoms with E-state index in [1.165, 1.54) is 13.1 Å². The van der Waals surface area contributed by atoms with E-state index >= 15 is 0 Å². The van der Waals surface area contributed by atoms with Crippen LogP contribution in [0.15, 0.2) is 34.7 Å². The first-order chi connectivity index (χ1) is 16.9. The molecule has 1 saturated carbocycles. The van der Waals surface area contributed by atoms with E-state index in [9.17, 15) is 0 Å². The highest BCUT2D eigenvalue weighted by Crippen LogP contribution is 2.50. The Bertz CT molecular complexity index is 1220. The molecule has 186 valence electrons. The molecule has 35 heavy (non-hydrogen) atoms. The first-order valence-corrected chi connectivity index (χ1v) is 12.8. The summed E-state index contributed by atoms with van der Waals surface area (Å²) in [5.41, 5.74) is 3.26. The number of rotatable bonds is 6. The van der Waals surface area contributed by atoms with Crippen molar-refractivity contribution in [1.29, 1.82) is 0 Å². The topological polar surface area (TPSA) is 63.0 Å². The SMILES string of the molecule is COc1cc2c(NC3CCN(C)CC3)cc(-c3ccc(C)o3)nc2cc1OC1CC2(C1)CN(C)C2. The summed E-state index contributed by atoms with van der Waals surface area (Å²) in [6.45, 7) is 6.53. The first-order valence-electron chi connectivity index (χ1n) is 12.8. The van der Waals surface area contributed by atoms with Crippen LogP contribution in [0, 0.1) is 12.3 Å². The quantitative estimate of drug-likeness (QED) is 0.549. The number of hydrogen-bond donors (Lipinski definition) is 1. The summed E-state index contributed by atoms with van der Waals surface area (Å²) >= 11 is 0. The van der Waals surface area contributed by atoms with Crippen molar-refractivity contribution in [2.45, 2.75) is 44.8 Å². The number of fused-ring (bicyclic) bond motifs is 1. The summed E-state index contributed by atoms with van der Waals surface area (Å²) < 4.78 is 18.2. The standard InChI is InChI=1S/C28H36N4O3/c1-18-5-6-25(34-18)24-12-22(29-19-7-9-31(2)10-8-19)21-11-26(33-4)27(13-23(21)30-24)35-20-14-28(15-20)16-32(3)17-28/h5-6,11-13,19-20H,7-10,14-17H2,1-4H3,(H,29,30). The number of nitrogens with one attached hydrogen (secondary N) is 1. The number of ether oxygens (including phenoxy) is 2. The van der Waals surface area contributed by atoms with Gasteiger partial charge in [0.05, 0.1) is 12.6 Å². The fraction of sp³-hybridized carbons (Fsp3) is 0.536. The van der Waals surface area contributed by atoms with Gasteiger partial charge in [-0.1, -0.05) is 0 Å². The molecule has 2 saturated heterocycles. The summed E-state index contributed by atoms with van der Waals surface area (Å²) in [4.78, 5) is 9.76. The third-order valence-electron chi connectivity index (χ3n) is 7.99. The van der Waals surface area contributed by atoms with Crippen LogP contribution in [-0.4, -0.2) is 74.3 Å². The van der Waals surface area contributed by atoms with Crippen molar-refractivity contribution >= 4 is 16.6 Å². The fourth-order valence-corrected chi connectivity index (χ4v) is 6.20. The second-order valence-electron chi connectivity index (χ2n) is 11.0. The molecule has 1 spiro atoms. The molecule has 0 radical (unpaired) electrons. The zero-order chi connectivity index (χ0) is 24.2. The third kappa shape index (κ3) is 4.36. The number of methoxy groups -OCH3 is 1. The van der Waals surface area contributed by atoms with Gasteiger partial charge in [0.25, 0.3) is 0 Å². The van der Waals surface area contributed by atoms with E-state index in [-0.39, 0.29) is 6.10 Å². The van der Waals surface area contributed by atoms with E-state index in [4.69, 9.17) is 18.9 Å². The summed E-state index contributed by atoms with van der Waals surface area (Å²) in [6, 6.07) is 10.6. The summed E-state index contributed by atoms with van der Waals surface area (Å²) in [7, 11) is 6.09. The van der Waals surface area contributed by atoms with Gasteiger partial charge in [0.1, 0.15) is 17.6 Å². The highest BCUT2D eigenvalue weighted by atomic mass is 16.5. The second kappa shape index (κ2) is 8.71. The Morgan fingerprint density at radius 3 is 2.46 bits per heavy atom. The van der Waals surface area contributed by atoms with Crippen molar-refractivity contribution in [2.24, 2.45) is 5.41 Å². The maximum atomic E-state index is 6.47. The number of hydrogen-bond acceptors (Lipinski definition) is 7. The van der Waals surface area contributed by atoms with Crippen LogP contribution in [-0.2, 0) is 0 Å². The molecule has 7 heteroatoms. The number of anilines is 1. The highest BCUT2D eigenvalue weighted by Gasteiger charge is 2.52. The average Bonchev–Trinajstić information content (AvgIpc) is 3.24. The smallest absolute Gasteiger partial charge is 0.163 e. The average molecular weight is 477 g/mol. The van der Waals surface area contributed by atoms with Gasteiger partial charge in [0.2, 0.25) is 0 Å². The summed E-state index contributed by atoms with van der Waals surface area (Å²) in [5, 5.41) is 4.86. The minimum Gasteiger partial charge on any atom is -0.493 e. The molecule has 2 aromatic heterocycles. The first kappa shape index (κ1) is 22.7. The molecular formula is C28H36N4O3. The normalized spacial score (nSPS) is 21.1. The molecule has 0 atom stereocenters. The lowest BCUT2D eigenvalue weighted by Gasteiger charge is -2.57. The number of likely N-dealkylation sites (tertiary alicyclic amines) is 2. The van der Waals surface area contributed by atoms with Crippen molar-refractivity contribution in [2.75, 3.05) is 52.7 Å². The number of piperidine rings is 1. The summed E-state index contributed by atoms with van der Waals surface area (Å²) in [5.74, 6) is 3.20. The van der Waals surface area contributed by atoms with E-state index in [1.807, 2.05) is 25.1 Å². The lowest BCUT2D eigenvalue weighted by atomic mass is 9.62. The molecule has 3 aromatic rings. The van der Waals surface area contributed by atoms with Crippen LogP contribution >= 0.6 is 0 Å². The van der Waals surface area contributed by atoms with E-state index in [1.54, 1.807) is 7.11 Å². The van der Waals surface area contributed by atoms with E-state index in [0.717, 1.165) is 84.1 Å². The molecule has 6 rings (SSSR count). The van der Waals surface area contributed by atoms with Gasteiger partial charge in [-0.05, 0) is 84.1 Å². The summed E-state index contributed by atoms with van der Waals surface area (Å²) in [6.07, 6.45) is 4.70. The number of aromatic nitrogens is 1. The Hall–Kier alpha value is -2.77. The number of pyridine rings is 1. The number of nitrogens with zero attached hydrogens (tertiary/aromatic N) is 3. The molecule has 1 aliphatic carbocycles. The van der Waals surface area contributed by atoms with E-state index in [0.29, 0.717) is 11.5 Å². The van der Waals surface area contributed by atoms with Crippen LogP contribution in [0.1, 0.15) is 31.4 Å². The lowest BCUT2D eigenvalue weighted by Crippen LogP contribution is -2.63. The van der Waals surface area contributed by atoms with Crippen LogP contribution in [0.25, 0.3) is 22.4 Å². The largest absolute Gasteiger partial charge is 0.493 e. The molecule has 1 aromatic carbocycles. The fourth-order valence-electron chi connectivity index (χ4n) is 6.20. The van der Waals surface area contributed by atoms with Gasteiger partial charge in [-0.2, -0.15) is 0 Å². The molecule has 1 N–H and O–H groups in total. The number of furan rings is 1. The van der Waals surface area contributed by atoms with E-state index in [2.05, 4.69) is 41.3 Å². The maximum Gasteiger partial charge on any atom is 0.163 e. The monoisotopic (exact) mass is 476 g/mol. The lowest BCUT2D eigenvalue weighted by molar-refractivity contribution is -0.109. The van der Waals surface area contributed by atoms with Gasteiger partial charge in [-0.15, -0.1) is 0 Å². The minimum absolute atomic E-state index is 0.239. The zero-order valence-electron chi connectivity index (χ0n) is 21.3. The minimum atomic E-state index is 0.239. The Balaban J connectivity index is 1.34. The van der Waals surface area contributed by atoms with Crippen molar-refractivity contribution in [3.8, 4) is 23.0 Å². The molecule has 0 amide bonds. The molecule has 0 unspecified atom stereocenters. The molecule has 3 fully saturated rings. The Kier molecular flexibility index (Phi) is 5.65. The molecular weight excluding hydrogens is 440 g/mol. The van der Waals surface area contributed by atoms with Crippen LogP contribution in [0.2, 0.25) is 0 Å². The van der Waals surface area contributed by atoms with Crippen molar-refractivity contribution in [3.63, 3.8) is 0 Å². The van der Waals surface area contributed by atoms with Crippen LogP contribution in [0.3, 0.4) is 0 Å². The molecule has 4 heterocycles. The molecule has 7 nitrogen and oxygen atoms in total. The predicted molar refractivity (Wildman–Crippen MR) is 138 cm³/mol. The van der Waals surface area contributed by atoms with Crippen molar-refractivity contribution < 1.29 is 13.9 Å². The Morgan fingerprint density at radius 1 is 1.03 bits per heavy atom. The second-order valence-corrected chi connectivity index (χ2v) is 11.0. The van der Waals surface area contributed by atoms with Gasteiger partial charge >= 0.3 is 0 Å². The van der Waals surface area contributed by atoms with Crippen LogP contribution < -0.4 is 14.8 Å². The van der Waals surface area contributed by atoms with Crippen LogP contribution in [0.4, 0.5) is 5.69 Å². The molecule has 2 aliphatic heterocycles. The zero-order valence-corrected chi connectivity index (χ0v) is 21.3. The number of benzene rings is 1. The van der Waals surface area contributed by atoms with Crippen LogP contribution in [0.5, 0.6) is 11.5 Å². The van der Waals surface area contributed by atoms with Crippen molar-refractivity contribution in [1.82, 2.24) is 14.8 Å². The Labute approximate surface area is 207 Å². The van der Waals surface area contributed by atoms with Gasteiger partial charge in [-0.3, -0.25) is 0 Å². The van der Waals surface area contributed by atoms with E-state index < -0.39 is 0 Å².